The Kier molecular flexibility index (Phi) is 5.23. The molecule has 1 aliphatic heterocycles. The molecule has 0 radical (unpaired) electrons. The first-order chi connectivity index (χ1) is 9.15. The van der Waals surface area contributed by atoms with Crippen molar-refractivity contribution in [2.24, 2.45) is 0 Å². The van der Waals surface area contributed by atoms with E-state index in [2.05, 4.69) is 54.5 Å². The van der Waals surface area contributed by atoms with E-state index in [9.17, 15) is 0 Å². The molecule has 1 saturated heterocycles. The maximum Gasteiger partial charge on any atom is 0.0345 e. The molecule has 1 heterocycles. The van der Waals surface area contributed by atoms with Crippen molar-refractivity contribution in [2.75, 3.05) is 38.0 Å². The molecule has 0 amide bonds. The van der Waals surface area contributed by atoms with Gasteiger partial charge in [-0.3, -0.25) is 4.90 Å². The maximum atomic E-state index is 3.55. The van der Waals surface area contributed by atoms with Gasteiger partial charge in [0.2, 0.25) is 0 Å². The Morgan fingerprint density at radius 2 is 1.79 bits per heavy atom. The van der Waals surface area contributed by atoms with Crippen LogP contribution in [0, 0.1) is 13.8 Å². The third-order valence-corrected chi connectivity index (χ3v) is 3.89. The van der Waals surface area contributed by atoms with Gasteiger partial charge in [0.05, 0.1) is 0 Å². The molecule has 19 heavy (non-hydrogen) atoms. The highest BCUT2D eigenvalue weighted by molar-refractivity contribution is 5.48. The van der Waals surface area contributed by atoms with Crippen LogP contribution in [0.4, 0.5) is 5.69 Å². The minimum Gasteiger partial charge on any atom is -0.385 e. The van der Waals surface area contributed by atoms with Gasteiger partial charge in [-0.05, 0) is 50.5 Å². The monoisotopic (exact) mass is 261 g/mol. The van der Waals surface area contributed by atoms with Crippen LogP contribution in [0.15, 0.2) is 18.2 Å². The van der Waals surface area contributed by atoms with Gasteiger partial charge in [-0.2, -0.15) is 0 Å². The van der Waals surface area contributed by atoms with E-state index in [1.807, 2.05) is 0 Å². The second-order valence-corrected chi connectivity index (χ2v) is 5.73. The van der Waals surface area contributed by atoms with Gasteiger partial charge in [0.1, 0.15) is 0 Å². The molecule has 2 N–H and O–H groups in total. The summed E-state index contributed by atoms with van der Waals surface area (Å²) in [6.45, 7) is 12.3. The Balaban J connectivity index is 1.76. The Morgan fingerprint density at radius 3 is 2.42 bits per heavy atom. The average molecular weight is 261 g/mol. The smallest absolute Gasteiger partial charge is 0.0345 e. The number of nitrogens with zero attached hydrogens (tertiary/aromatic N) is 1. The summed E-state index contributed by atoms with van der Waals surface area (Å²) in [6.07, 6.45) is 1.20. The third kappa shape index (κ3) is 4.51. The molecule has 3 heteroatoms. The summed E-state index contributed by atoms with van der Waals surface area (Å²) in [5.74, 6) is 0. The highest BCUT2D eigenvalue weighted by Gasteiger charge is 2.15. The molecule has 0 aromatic heterocycles. The second kappa shape index (κ2) is 6.92. The van der Waals surface area contributed by atoms with Crippen LogP contribution in [-0.2, 0) is 0 Å². The summed E-state index contributed by atoms with van der Waals surface area (Å²) >= 11 is 0. The molecule has 0 spiro atoms. The zero-order valence-corrected chi connectivity index (χ0v) is 12.5. The molecule has 0 saturated carbocycles. The van der Waals surface area contributed by atoms with Gasteiger partial charge in [0, 0.05) is 44.5 Å². The van der Waals surface area contributed by atoms with Gasteiger partial charge in [-0.25, -0.2) is 0 Å². The molecule has 3 nitrogen and oxygen atoms in total. The van der Waals surface area contributed by atoms with Crippen molar-refractivity contribution in [2.45, 2.75) is 33.2 Å². The van der Waals surface area contributed by atoms with Crippen LogP contribution in [0.25, 0.3) is 0 Å². The largest absolute Gasteiger partial charge is 0.385 e. The van der Waals surface area contributed by atoms with Crippen molar-refractivity contribution in [1.82, 2.24) is 10.2 Å². The van der Waals surface area contributed by atoms with E-state index in [0.717, 1.165) is 19.6 Å². The van der Waals surface area contributed by atoms with Gasteiger partial charge in [0.15, 0.2) is 0 Å². The van der Waals surface area contributed by atoms with Crippen LogP contribution >= 0.6 is 0 Å². The second-order valence-electron chi connectivity index (χ2n) is 5.73. The predicted molar refractivity (Wildman–Crippen MR) is 82.9 cm³/mol. The Bertz CT molecular complexity index is 377. The number of anilines is 1. The van der Waals surface area contributed by atoms with E-state index in [-0.39, 0.29) is 0 Å². The lowest BCUT2D eigenvalue weighted by atomic mass is 10.1. The van der Waals surface area contributed by atoms with Gasteiger partial charge < -0.3 is 10.6 Å². The topological polar surface area (TPSA) is 27.3 Å². The molecule has 1 aromatic rings. The first-order valence-corrected chi connectivity index (χ1v) is 7.42. The molecule has 0 aliphatic carbocycles. The number of nitrogens with one attached hydrogen (secondary N) is 2. The fraction of sp³-hybridized carbons (Fsp3) is 0.625. The highest BCUT2D eigenvalue weighted by Crippen LogP contribution is 2.14. The predicted octanol–water partition coefficient (Wildman–Crippen LogP) is 2.40. The molecule has 106 valence electrons. The van der Waals surface area contributed by atoms with E-state index in [0.29, 0.717) is 6.04 Å². The number of rotatable bonds is 5. The van der Waals surface area contributed by atoms with E-state index in [4.69, 9.17) is 0 Å². The normalized spacial score (nSPS) is 18.3. The van der Waals surface area contributed by atoms with Crippen LogP contribution in [0.1, 0.15) is 24.5 Å². The van der Waals surface area contributed by atoms with Crippen LogP contribution < -0.4 is 10.6 Å². The van der Waals surface area contributed by atoms with Crippen molar-refractivity contribution in [3.8, 4) is 0 Å². The minimum atomic E-state index is 0.667. The molecule has 1 fully saturated rings. The summed E-state index contributed by atoms with van der Waals surface area (Å²) < 4.78 is 0. The third-order valence-electron chi connectivity index (χ3n) is 3.89. The number of benzene rings is 1. The molecule has 0 bridgehead atoms. The summed E-state index contributed by atoms with van der Waals surface area (Å²) in [5.41, 5.74) is 3.92. The molecule has 1 aliphatic rings. The number of hydrogen-bond donors (Lipinski definition) is 2. The molecule has 2 rings (SSSR count). The van der Waals surface area contributed by atoms with E-state index in [1.54, 1.807) is 0 Å². The fourth-order valence-corrected chi connectivity index (χ4v) is 2.81. The standard InChI is InChI=1S/C16H27N3/c1-13-10-14(2)12-16(11-13)18-5-4-15(3)19-8-6-17-7-9-19/h10-12,15,17-18H,4-9H2,1-3H3. The quantitative estimate of drug-likeness (QED) is 0.852. The lowest BCUT2D eigenvalue weighted by Gasteiger charge is -2.32. The highest BCUT2D eigenvalue weighted by atomic mass is 15.2. The van der Waals surface area contributed by atoms with Crippen LogP contribution in [-0.4, -0.2) is 43.7 Å². The number of piperazine rings is 1. The van der Waals surface area contributed by atoms with Crippen molar-refractivity contribution in [3.63, 3.8) is 0 Å². The van der Waals surface area contributed by atoms with Crippen molar-refractivity contribution >= 4 is 5.69 Å². The zero-order valence-electron chi connectivity index (χ0n) is 12.5. The first kappa shape index (κ1) is 14.4. The van der Waals surface area contributed by atoms with Crippen molar-refractivity contribution < 1.29 is 0 Å². The average Bonchev–Trinajstić information content (AvgIpc) is 2.38. The fourth-order valence-electron chi connectivity index (χ4n) is 2.81. The lowest BCUT2D eigenvalue weighted by Crippen LogP contribution is -2.47. The summed E-state index contributed by atoms with van der Waals surface area (Å²) in [5, 5.41) is 6.96. The summed E-state index contributed by atoms with van der Waals surface area (Å²) in [7, 11) is 0. The zero-order chi connectivity index (χ0) is 13.7. The first-order valence-electron chi connectivity index (χ1n) is 7.42. The van der Waals surface area contributed by atoms with Crippen molar-refractivity contribution in [1.29, 1.82) is 0 Å². The van der Waals surface area contributed by atoms with Crippen LogP contribution in [0.3, 0.4) is 0 Å². The van der Waals surface area contributed by atoms with Gasteiger partial charge in [-0.15, -0.1) is 0 Å². The lowest BCUT2D eigenvalue weighted by molar-refractivity contribution is 0.179. The number of hydrogen-bond acceptors (Lipinski definition) is 3. The van der Waals surface area contributed by atoms with E-state index >= 15 is 0 Å². The Morgan fingerprint density at radius 1 is 1.16 bits per heavy atom. The van der Waals surface area contributed by atoms with Crippen LogP contribution in [0.2, 0.25) is 0 Å². The Labute approximate surface area is 117 Å². The molecule has 1 atom stereocenters. The van der Waals surface area contributed by atoms with Gasteiger partial charge in [-0.1, -0.05) is 6.07 Å². The van der Waals surface area contributed by atoms with Gasteiger partial charge in [0.25, 0.3) is 0 Å². The van der Waals surface area contributed by atoms with E-state index < -0.39 is 0 Å². The SMILES string of the molecule is Cc1cc(C)cc(NCCC(C)N2CCNCC2)c1. The van der Waals surface area contributed by atoms with E-state index in [1.165, 1.54) is 36.3 Å². The molecule has 1 aromatic carbocycles. The number of aryl methyl sites for hydroxylation is 2. The van der Waals surface area contributed by atoms with Crippen LogP contribution in [0.5, 0.6) is 0 Å². The minimum absolute atomic E-state index is 0.667. The maximum absolute atomic E-state index is 3.55. The molecule has 1 unspecified atom stereocenters. The van der Waals surface area contributed by atoms with Crippen molar-refractivity contribution in [3.05, 3.63) is 29.3 Å². The van der Waals surface area contributed by atoms with Gasteiger partial charge >= 0.3 is 0 Å². The Hall–Kier alpha value is -1.06. The molecular weight excluding hydrogens is 234 g/mol. The summed E-state index contributed by atoms with van der Waals surface area (Å²) in [6, 6.07) is 7.33. The molecular formula is C16H27N3. The summed E-state index contributed by atoms with van der Waals surface area (Å²) in [4.78, 5) is 2.58.